The highest BCUT2D eigenvalue weighted by atomic mass is 28.4. The van der Waals surface area contributed by atoms with Gasteiger partial charge in [-0.15, -0.1) is 0 Å². The van der Waals surface area contributed by atoms with Crippen molar-refractivity contribution in [3.63, 3.8) is 0 Å². The molecular weight excluding hydrogens is 500 g/mol. The van der Waals surface area contributed by atoms with Gasteiger partial charge in [-0.25, -0.2) is 0 Å². The van der Waals surface area contributed by atoms with Crippen molar-refractivity contribution in [2.75, 3.05) is 26.3 Å². The van der Waals surface area contributed by atoms with Crippen LogP contribution in [0.5, 0.6) is 0 Å². The minimum atomic E-state index is -1.85. The summed E-state index contributed by atoms with van der Waals surface area (Å²) in [6.07, 6.45) is 1.27. The summed E-state index contributed by atoms with van der Waals surface area (Å²) in [4.78, 5) is 50.9. The summed E-state index contributed by atoms with van der Waals surface area (Å²) >= 11 is 0. The number of amides is 2. The number of carbonyl (C=O) groups excluding carboxylic acids is 2. The van der Waals surface area contributed by atoms with Crippen molar-refractivity contribution >= 4 is 40.4 Å². The Morgan fingerprint density at radius 1 is 0.722 bits per heavy atom. The van der Waals surface area contributed by atoms with Gasteiger partial charge >= 0.3 is 11.9 Å². The first-order valence-electron chi connectivity index (χ1n) is 12.8. The summed E-state index contributed by atoms with van der Waals surface area (Å²) < 4.78 is 11.6. The van der Waals surface area contributed by atoms with Crippen LogP contribution in [0.1, 0.15) is 40.5 Å². The van der Waals surface area contributed by atoms with Gasteiger partial charge in [-0.2, -0.15) is 0 Å². The minimum Gasteiger partial charge on any atom is -0.481 e. The molecule has 0 atom stereocenters. The lowest BCUT2D eigenvalue weighted by Crippen LogP contribution is -2.75. The largest absolute Gasteiger partial charge is 0.481 e. The molecule has 0 bridgehead atoms. The van der Waals surface area contributed by atoms with Crippen molar-refractivity contribution in [1.29, 1.82) is 0 Å². The zero-order valence-electron chi connectivity index (χ0n) is 23.2. The number of aliphatic carboxylic acids is 2. The van der Waals surface area contributed by atoms with Crippen molar-refractivity contribution in [1.82, 2.24) is 10.6 Å². The predicted molar refractivity (Wildman–Crippen MR) is 142 cm³/mol. The van der Waals surface area contributed by atoms with Crippen LogP contribution in [-0.4, -0.2) is 76.9 Å². The van der Waals surface area contributed by atoms with Crippen LogP contribution in [-0.2, 0) is 28.0 Å². The van der Waals surface area contributed by atoms with Gasteiger partial charge < -0.3 is 29.7 Å². The van der Waals surface area contributed by atoms with Crippen LogP contribution in [0.2, 0.25) is 38.3 Å². The van der Waals surface area contributed by atoms with Crippen LogP contribution >= 0.6 is 0 Å². The van der Waals surface area contributed by atoms with Gasteiger partial charge in [0.15, 0.2) is 16.6 Å². The first kappa shape index (κ1) is 32.3. The van der Waals surface area contributed by atoms with Gasteiger partial charge in [-0.05, 0) is 78.8 Å². The maximum atomic E-state index is 13.1. The quantitative estimate of drug-likeness (QED) is 0.170. The van der Waals surface area contributed by atoms with E-state index in [0.29, 0.717) is 26.1 Å². The molecule has 2 amide bonds. The van der Waals surface area contributed by atoms with E-state index in [1.165, 1.54) is 13.8 Å². The van der Waals surface area contributed by atoms with Gasteiger partial charge in [0.25, 0.3) is 0 Å². The van der Waals surface area contributed by atoms with Crippen LogP contribution in [0.15, 0.2) is 0 Å². The van der Waals surface area contributed by atoms with Gasteiger partial charge in [-0.3, -0.25) is 19.2 Å². The van der Waals surface area contributed by atoms with E-state index in [4.69, 9.17) is 8.85 Å². The summed E-state index contributed by atoms with van der Waals surface area (Å²) in [5.74, 6) is -6.83. The number of carboxylic acids is 2. The lowest BCUT2D eigenvalue weighted by molar-refractivity contribution is -0.219. The van der Waals surface area contributed by atoms with Crippen LogP contribution in [0, 0.1) is 22.7 Å². The molecule has 0 radical (unpaired) electrons. The van der Waals surface area contributed by atoms with E-state index >= 15 is 0 Å². The highest BCUT2D eigenvalue weighted by Gasteiger charge is 2.78. The van der Waals surface area contributed by atoms with E-state index in [0.717, 1.165) is 12.1 Å². The average Bonchev–Trinajstić information content (AvgIpc) is 2.73. The fourth-order valence-electron chi connectivity index (χ4n) is 5.65. The summed E-state index contributed by atoms with van der Waals surface area (Å²) in [5, 5.41) is 25.5. The molecule has 0 aromatic carbocycles. The molecule has 0 spiro atoms. The van der Waals surface area contributed by atoms with E-state index in [-0.39, 0.29) is 13.1 Å². The van der Waals surface area contributed by atoms with Gasteiger partial charge in [0.2, 0.25) is 11.8 Å². The fraction of sp³-hybridized carbons (Fsp3) is 0.833. The Morgan fingerprint density at radius 3 is 1.28 bits per heavy atom. The lowest BCUT2D eigenvalue weighted by atomic mass is 9.39. The van der Waals surface area contributed by atoms with Crippen LogP contribution in [0.4, 0.5) is 0 Å². The third-order valence-electron chi connectivity index (χ3n) is 7.42. The highest BCUT2D eigenvalue weighted by Crippen LogP contribution is 2.64. The number of hydrogen-bond acceptors (Lipinski definition) is 6. The van der Waals surface area contributed by atoms with Gasteiger partial charge in [-0.1, -0.05) is 0 Å². The number of rotatable bonds is 16. The smallest absolute Gasteiger partial charge is 0.311 e. The molecule has 36 heavy (non-hydrogen) atoms. The Hall–Kier alpha value is -1.77. The molecule has 1 rings (SSSR count). The van der Waals surface area contributed by atoms with E-state index in [2.05, 4.69) is 36.8 Å². The van der Waals surface area contributed by atoms with Crippen LogP contribution < -0.4 is 10.6 Å². The van der Waals surface area contributed by atoms with E-state index in [1.807, 2.05) is 13.8 Å². The molecule has 0 saturated heterocycles. The maximum Gasteiger partial charge on any atom is 0.311 e. The number of hydrogen-bond donors (Lipinski definition) is 4. The van der Waals surface area contributed by atoms with Crippen LogP contribution in [0.3, 0.4) is 0 Å². The second-order valence-corrected chi connectivity index (χ2v) is 19.8. The molecule has 10 nitrogen and oxygen atoms in total. The topological polar surface area (TPSA) is 151 Å². The van der Waals surface area contributed by atoms with E-state index in [1.54, 1.807) is 0 Å². The van der Waals surface area contributed by atoms with Gasteiger partial charge in [0, 0.05) is 26.3 Å². The first-order chi connectivity index (χ1) is 16.5. The first-order valence-corrected chi connectivity index (χ1v) is 19.0. The molecule has 1 aliphatic carbocycles. The molecule has 208 valence electrons. The highest BCUT2D eigenvalue weighted by molar-refractivity contribution is 6.71. The van der Waals surface area contributed by atoms with Crippen molar-refractivity contribution in [3.05, 3.63) is 0 Å². The number of carbonyl (C=O) groups is 4. The summed E-state index contributed by atoms with van der Waals surface area (Å²) in [6.45, 7) is 16.6. The Bertz CT molecular complexity index is 744. The second-order valence-electron chi connectivity index (χ2n) is 11.2. The standard InChI is InChI=1S/C24H46N2O8Si2/c1-9-33-35(5,6)15-11-13-25-19(27)17-23(3,21(29)30)18(24(17,4)22(31)32)20(28)26-14-12-16-36(7,8)34-10-2/h17-18H,9-16H2,1-8H3,(H,25,27)(H,26,28)(H,29,30)(H,31,32). The fourth-order valence-corrected chi connectivity index (χ4v) is 9.56. The zero-order chi connectivity index (χ0) is 27.9. The van der Waals surface area contributed by atoms with Crippen molar-refractivity contribution in [3.8, 4) is 0 Å². The molecule has 1 saturated carbocycles. The molecule has 12 heteroatoms. The summed E-state index contributed by atoms with van der Waals surface area (Å²) in [6, 6.07) is 1.60. The normalized spacial score (nSPS) is 26.1. The zero-order valence-corrected chi connectivity index (χ0v) is 25.2. The Kier molecular flexibility index (Phi) is 11.3. The third kappa shape index (κ3) is 7.17. The molecule has 4 N–H and O–H groups in total. The monoisotopic (exact) mass is 546 g/mol. The van der Waals surface area contributed by atoms with Gasteiger partial charge in [0.1, 0.15) is 0 Å². The van der Waals surface area contributed by atoms with Crippen molar-refractivity contribution in [2.45, 2.75) is 78.8 Å². The Labute approximate surface area is 217 Å². The van der Waals surface area contributed by atoms with Crippen molar-refractivity contribution < 1.29 is 38.2 Å². The maximum absolute atomic E-state index is 13.1. The molecule has 1 fully saturated rings. The van der Waals surface area contributed by atoms with E-state index < -0.39 is 63.1 Å². The molecule has 0 heterocycles. The predicted octanol–water partition coefficient (Wildman–Crippen LogP) is 2.91. The number of nitrogens with one attached hydrogen (secondary N) is 2. The molecule has 0 aliphatic heterocycles. The van der Waals surface area contributed by atoms with Crippen molar-refractivity contribution in [2.24, 2.45) is 22.7 Å². The van der Waals surface area contributed by atoms with E-state index in [9.17, 15) is 29.4 Å². The summed E-state index contributed by atoms with van der Waals surface area (Å²) in [7, 11) is -3.69. The molecule has 0 aromatic rings. The Morgan fingerprint density at radius 2 is 1.03 bits per heavy atom. The average molecular weight is 547 g/mol. The Balaban J connectivity index is 2.95. The molecular formula is C24H46N2O8Si2. The summed E-state index contributed by atoms with van der Waals surface area (Å²) in [5.41, 5.74) is -3.69. The minimum absolute atomic E-state index is 0.278. The number of carboxylic acid groups (broad SMARTS) is 2. The molecule has 0 unspecified atom stereocenters. The van der Waals surface area contributed by atoms with Gasteiger partial charge in [0.05, 0.1) is 22.7 Å². The van der Waals surface area contributed by atoms with Crippen LogP contribution in [0.25, 0.3) is 0 Å². The second kappa shape index (κ2) is 12.7. The lowest BCUT2D eigenvalue weighted by Gasteiger charge is -2.59. The molecule has 0 aromatic heterocycles. The molecule has 1 aliphatic rings. The SMILES string of the molecule is CCO[Si](C)(C)CCCNC(=O)C1C(C)(C(=O)O)C(C(=O)NCCC[Si](C)(C)OCC)C1(C)C(=O)O. The third-order valence-corrected chi connectivity index (χ3v) is 12.7.